The van der Waals surface area contributed by atoms with Gasteiger partial charge in [-0.15, -0.1) is 0 Å². The van der Waals surface area contributed by atoms with E-state index in [1.54, 1.807) is 13.1 Å². The van der Waals surface area contributed by atoms with Crippen molar-refractivity contribution in [1.82, 2.24) is 14.9 Å². The lowest BCUT2D eigenvalue weighted by Gasteiger charge is -2.18. The van der Waals surface area contributed by atoms with Gasteiger partial charge in [-0.05, 0) is 31.9 Å². The number of nitrogens with two attached hydrogens (primary N) is 1. The van der Waals surface area contributed by atoms with Gasteiger partial charge in [-0.2, -0.15) is 0 Å². The number of thioether (sulfide) groups is 1. The summed E-state index contributed by atoms with van der Waals surface area (Å²) in [5, 5.41) is 3.32. The number of nitrogens with zero attached hydrogens (tertiary/aromatic N) is 3. The summed E-state index contributed by atoms with van der Waals surface area (Å²) in [7, 11) is 1.60. The van der Waals surface area contributed by atoms with Gasteiger partial charge in [-0.25, -0.2) is 9.97 Å². The summed E-state index contributed by atoms with van der Waals surface area (Å²) in [5.74, 6) is 0.0826. The fourth-order valence-electron chi connectivity index (χ4n) is 2.36. The fraction of sp³-hybridized carbons (Fsp3) is 0.333. The zero-order chi connectivity index (χ0) is 19.3. The van der Waals surface area contributed by atoms with E-state index in [1.807, 2.05) is 39.0 Å². The third-order valence-electron chi connectivity index (χ3n) is 3.73. The van der Waals surface area contributed by atoms with Gasteiger partial charge in [0.15, 0.2) is 5.16 Å². The molecule has 0 aliphatic carbocycles. The lowest BCUT2D eigenvalue weighted by Crippen LogP contribution is -2.36. The third kappa shape index (κ3) is 5.45. The summed E-state index contributed by atoms with van der Waals surface area (Å²) < 4.78 is 0. The summed E-state index contributed by atoms with van der Waals surface area (Å²) in [6, 6.07) is 7.46. The van der Waals surface area contributed by atoms with Gasteiger partial charge < -0.3 is 16.0 Å². The fourth-order valence-corrected chi connectivity index (χ4v) is 3.21. The molecule has 2 amide bonds. The number of aromatic nitrogens is 2. The van der Waals surface area contributed by atoms with Crippen molar-refractivity contribution in [3.05, 3.63) is 41.1 Å². The molecule has 0 radical (unpaired) electrons. The van der Waals surface area contributed by atoms with Crippen LogP contribution in [0.5, 0.6) is 0 Å². The Balaban J connectivity index is 1.89. The van der Waals surface area contributed by atoms with Crippen LogP contribution >= 0.6 is 11.8 Å². The van der Waals surface area contributed by atoms with E-state index in [0.717, 1.165) is 22.5 Å². The number of benzene rings is 1. The highest BCUT2D eigenvalue weighted by Crippen LogP contribution is 2.19. The summed E-state index contributed by atoms with van der Waals surface area (Å²) in [4.78, 5) is 34.2. The quantitative estimate of drug-likeness (QED) is 0.594. The Kier molecular flexibility index (Phi) is 6.57. The molecule has 138 valence electrons. The molecule has 1 heterocycles. The van der Waals surface area contributed by atoms with E-state index in [4.69, 9.17) is 5.73 Å². The summed E-state index contributed by atoms with van der Waals surface area (Å²) in [6.45, 7) is 5.65. The second-order valence-electron chi connectivity index (χ2n) is 6.07. The second kappa shape index (κ2) is 8.66. The molecule has 1 aromatic heterocycles. The molecule has 0 bridgehead atoms. The number of likely N-dealkylation sites (N-methyl/N-ethyl adjacent to an activating group) is 1. The van der Waals surface area contributed by atoms with Crippen LogP contribution in [-0.2, 0) is 9.59 Å². The van der Waals surface area contributed by atoms with Crippen LogP contribution in [0.1, 0.15) is 16.8 Å². The number of para-hydroxylation sites is 1. The molecule has 0 fully saturated rings. The van der Waals surface area contributed by atoms with E-state index >= 15 is 0 Å². The van der Waals surface area contributed by atoms with Crippen LogP contribution in [-0.4, -0.2) is 46.0 Å². The second-order valence-corrected chi connectivity index (χ2v) is 7.01. The maximum atomic E-state index is 12.2. The minimum atomic E-state index is -0.237. The molecule has 7 nitrogen and oxygen atoms in total. The van der Waals surface area contributed by atoms with Gasteiger partial charge in [-0.1, -0.05) is 30.0 Å². The van der Waals surface area contributed by atoms with Gasteiger partial charge in [0, 0.05) is 24.5 Å². The molecular formula is C18H23N5O2S. The number of hydrogen-bond donors (Lipinski definition) is 2. The van der Waals surface area contributed by atoms with E-state index in [-0.39, 0.29) is 24.1 Å². The number of amides is 2. The largest absolute Gasteiger partial charge is 0.384 e. The summed E-state index contributed by atoms with van der Waals surface area (Å²) in [5.41, 5.74) is 9.18. The Labute approximate surface area is 157 Å². The third-order valence-corrected chi connectivity index (χ3v) is 4.56. The number of aryl methyl sites for hydroxylation is 3. The number of carbonyl (C=O) groups is 2. The highest BCUT2D eigenvalue weighted by atomic mass is 32.2. The number of rotatable bonds is 6. The van der Waals surface area contributed by atoms with Crippen LogP contribution < -0.4 is 11.1 Å². The highest BCUT2D eigenvalue weighted by molar-refractivity contribution is 7.99. The van der Waals surface area contributed by atoms with Crippen molar-refractivity contribution >= 4 is 35.1 Å². The molecule has 3 N–H and O–H groups in total. The molecule has 0 aliphatic heterocycles. The Bertz CT molecular complexity index is 785. The number of nitrogen functional groups attached to an aromatic ring is 1. The van der Waals surface area contributed by atoms with Gasteiger partial charge in [0.25, 0.3) is 0 Å². The number of nitrogens with one attached hydrogen (secondary N) is 1. The smallest absolute Gasteiger partial charge is 0.243 e. The average molecular weight is 373 g/mol. The zero-order valence-electron chi connectivity index (χ0n) is 15.4. The first-order chi connectivity index (χ1) is 12.3. The predicted octanol–water partition coefficient (Wildman–Crippen LogP) is 2.17. The van der Waals surface area contributed by atoms with Crippen molar-refractivity contribution in [1.29, 1.82) is 0 Å². The Morgan fingerprint density at radius 2 is 1.85 bits per heavy atom. The standard InChI is InChI=1S/C18H23N5O2S/c1-11-6-5-7-12(2)17(11)22-15(24)9-23(4)16(25)10-26-18-20-13(3)8-14(19)21-18/h5-8H,9-10H2,1-4H3,(H,22,24)(H2,19,20,21). The minimum Gasteiger partial charge on any atom is -0.384 e. The molecule has 8 heteroatoms. The monoisotopic (exact) mass is 373 g/mol. The molecule has 0 unspecified atom stereocenters. The van der Waals surface area contributed by atoms with Crippen LogP contribution in [0.4, 0.5) is 11.5 Å². The normalized spacial score (nSPS) is 10.5. The molecule has 0 atom stereocenters. The molecule has 0 saturated heterocycles. The van der Waals surface area contributed by atoms with E-state index < -0.39 is 0 Å². The van der Waals surface area contributed by atoms with E-state index in [1.165, 1.54) is 16.7 Å². The highest BCUT2D eigenvalue weighted by Gasteiger charge is 2.15. The van der Waals surface area contributed by atoms with Gasteiger partial charge in [0.05, 0.1) is 12.3 Å². The van der Waals surface area contributed by atoms with Crippen LogP contribution in [0.2, 0.25) is 0 Å². The Hall–Kier alpha value is -2.61. The average Bonchev–Trinajstić information content (AvgIpc) is 2.55. The SMILES string of the molecule is Cc1cc(N)nc(SCC(=O)N(C)CC(=O)Nc2c(C)cccc2C)n1. The molecule has 2 aromatic rings. The van der Waals surface area contributed by atoms with Gasteiger partial charge in [0.1, 0.15) is 5.82 Å². The number of carbonyl (C=O) groups excluding carboxylic acids is 2. The molecule has 1 aromatic carbocycles. The first-order valence-electron chi connectivity index (χ1n) is 8.10. The number of anilines is 2. The van der Waals surface area contributed by atoms with Gasteiger partial charge in [-0.3, -0.25) is 9.59 Å². The molecular weight excluding hydrogens is 350 g/mol. The molecule has 2 rings (SSSR count). The van der Waals surface area contributed by atoms with Crippen LogP contribution in [0.25, 0.3) is 0 Å². The Morgan fingerprint density at radius 3 is 2.46 bits per heavy atom. The van der Waals surface area contributed by atoms with Crippen molar-refractivity contribution < 1.29 is 9.59 Å². The maximum Gasteiger partial charge on any atom is 0.243 e. The van der Waals surface area contributed by atoms with Gasteiger partial charge >= 0.3 is 0 Å². The van der Waals surface area contributed by atoms with Crippen molar-refractivity contribution in [3.8, 4) is 0 Å². The van der Waals surface area contributed by atoms with Crippen molar-refractivity contribution in [2.24, 2.45) is 0 Å². The molecule has 0 saturated carbocycles. The lowest BCUT2D eigenvalue weighted by atomic mass is 10.1. The maximum absolute atomic E-state index is 12.2. The predicted molar refractivity (Wildman–Crippen MR) is 104 cm³/mol. The molecule has 0 spiro atoms. The van der Waals surface area contributed by atoms with E-state index in [2.05, 4.69) is 15.3 Å². The number of hydrogen-bond acceptors (Lipinski definition) is 6. The molecule has 0 aliphatic rings. The lowest BCUT2D eigenvalue weighted by molar-refractivity contribution is -0.131. The Morgan fingerprint density at radius 1 is 1.19 bits per heavy atom. The summed E-state index contributed by atoms with van der Waals surface area (Å²) >= 11 is 1.20. The van der Waals surface area contributed by atoms with Gasteiger partial charge in [0.2, 0.25) is 11.8 Å². The first-order valence-corrected chi connectivity index (χ1v) is 9.09. The van der Waals surface area contributed by atoms with Crippen molar-refractivity contribution in [3.63, 3.8) is 0 Å². The van der Waals surface area contributed by atoms with Crippen LogP contribution in [0, 0.1) is 20.8 Å². The van der Waals surface area contributed by atoms with Crippen molar-refractivity contribution in [2.45, 2.75) is 25.9 Å². The van der Waals surface area contributed by atoms with E-state index in [0.29, 0.717) is 11.0 Å². The minimum absolute atomic E-state index is 0.0238. The zero-order valence-corrected chi connectivity index (χ0v) is 16.2. The van der Waals surface area contributed by atoms with E-state index in [9.17, 15) is 9.59 Å². The topological polar surface area (TPSA) is 101 Å². The first kappa shape index (κ1) is 19.7. The van der Waals surface area contributed by atoms with Crippen molar-refractivity contribution in [2.75, 3.05) is 30.4 Å². The van der Waals surface area contributed by atoms with Crippen LogP contribution in [0.15, 0.2) is 29.4 Å². The molecule has 26 heavy (non-hydrogen) atoms. The summed E-state index contributed by atoms with van der Waals surface area (Å²) in [6.07, 6.45) is 0. The van der Waals surface area contributed by atoms with Crippen LogP contribution in [0.3, 0.4) is 0 Å².